The average molecular weight is 610 g/mol. The third-order valence-electron chi connectivity index (χ3n) is 5.73. The molecule has 4 aromatic carbocycles. The van der Waals surface area contributed by atoms with Crippen molar-refractivity contribution in [3.05, 3.63) is 81.8 Å². The molecule has 0 spiro atoms. The van der Waals surface area contributed by atoms with Gasteiger partial charge in [0.05, 0.1) is 28.0 Å². The molecule has 0 aliphatic heterocycles. The summed E-state index contributed by atoms with van der Waals surface area (Å²) >= 11 is 12.3. The van der Waals surface area contributed by atoms with E-state index in [4.69, 9.17) is 27.9 Å². The standard InChI is InChI=1S/C27H23Cl2N3O6S.Na/c1-3-15-12-20(29)26(39(35,36)37)22(13-15)31-32-23-17-9-6-5-8-16(17)14-18(24(23)33)27(34)30-21-11-7-10-19(28)25(21)38-4-2;/h5-14,33H,3-4H2,1-2H3,(H,30,34)(H,35,36,37);/q;+1/p-1. The maximum Gasteiger partial charge on any atom is 1.00 e. The summed E-state index contributed by atoms with van der Waals surface area (Å²) in [4.78, 5) is 12.6. The van der Waals surface area contributed by atoms with Crippen molar-refractivity contribution in [2.45, 2.75) is 25.2 Å². The number of ether oxygens (including phenoxy) is 1. The van der Waals surface area contributed by atoms with Crippen molar-refractivity contribution < 1.29 is 57.2 Å². The molecule has 0 saturated carbocycles. The zero-order valence-corrected chi connectivity index (χ0v) is 26.1. The van der Waals surface area contributed by atoms with E-state index >= 15 is 0 Å². The van der Waals surface area contributed by atoms with Gasteiger partial charge in [-0.15, -0.1) is 5.11 Å². The van der Waals surface area contributed by atoms with Gasteiger partial charge in [0.2, 0.25) is 0 Å². The van der Waals surface area contributed by atoms with Gasteiger partial charge in [-0.2, -0.15) is 13.5 Å². The van der Waals surface area contributed by atoms with Crippen molar-refractivity contribution in [3.63, 3.8) is 0 Å². The smallest absolute Gasteiger partial charge is 0.870 e. The summed E-state index contributed by atoms with van der Waals surface area (Å²) in [6.45, 7) is 3.89. The van der Waals surface area contributed by atoms with E-state index in [1.54, 1.807) is 49.4 Å². The van der Waals surface area contributed by atoms with Crippen molar-refractivity contribution in [1.29, 1.82) is 0 Å². The van der Waals surface area contributed by atoms with Crippen molar-refractivity contribution in [2.75, 3.05) is 11.9 Å². The Hall–Kier alpha value is -2.70. The molecule has 9 nitrogen and oxygen atoms in total. The van der Waals surface area contributed by atoms with Crippen molar-refractivity contribution >= 4 is 67.1 Å². The minimum absolute atomic E-state index is 0. The number of nitrogens with one attached hydrogen (secondary N) is 1. The van der Waals surface area contributed by atoms with Gasteiger partial charge in [-0.25, -0.2) is 0 Å². The van der Waals surface area contributed by atoms with Crippen LogP contribution in [0.4, 0.5) is 17.1 Å². The zero-order valence-electron chi connectivity index (χ0n) is 21.7. The monoisotopic (exact) mass is 609 g/mol. The topological polar surface area (TPSA) is 140 Å². The number of carbonyl (C=O) groups is 1. The number of amides is 1. The SMILES string of the molecule is CCOc1c(Cl)cccc1NC(=O)c1cc2ccccc2c(N=Nc2cc(CC)cc(Cl)c2S(=O)(=O)O)c1[O-].[Na+]. The van der Waals surface area contributed by atoms with Crippen LogP contribution in [0.15, 0.2) is 75.8 Å². The number of nitrogens with zero attached hydrogens (tertiary/aromatic N) is 2. The predicted molar refractivity (Wildman–Crippen MR) is 149 cm³/mol. The zero-order chi connectivity index (χ0) is 28.3. The van der Waals surface area contributed by atoms with E-state index in [0.29, 0.717) is 29.4 Å². The van der Waals surface area contributed by atoms with Gasteiger partial charge in [-0.05, 0) is 54.6 Å². The Morgan fingerprint density at radius 2 is 1.75 bits per heavy atom. The van der Waals surface area contributed by atoms with Gasteiger partial charge in [0.25, 0.3) is 16.0 Å². The third-order valence-corrected chi connectivity index (χ3v) is 7.38. The first-order chi connectivity index (χ1) is 18.5. The predicted octanol–water partition coefficient (Wildman–Crippen LogP) is 4.10. The molecule has 0 saturated heterocycles. The molecular formula is C27H22Cl2N3NaO6S. The molecule has 0 aliphatic carbocycles. The molecule has 2 N–H and O–H groups in total. The Kier molecular flexibility index (Phi) is 10.6. The van der Waals surface area contributed by atoms with Crippen LogP contribution in [0.1, 0.15) is 29.8 Å². The first-order valence-electron chi connectivity index (χ1n) is 11.7. The molecule has 0 bridgehead atoms. The maximum absolute atomic E-state index is 13.5. The molecule has 0 aromatic heterocycles. The number of hydrogen-bond donors (Lipinski definition) is 2. The minimum atomic E-state index is -4.77. The van der Waals surface area contributed by atoms with Gasteiger partial charge in [0, 0.05) is 10.9 Å². The molecule has 0 unspecified atom stereocenters. The van der Waals surface area contributed by atoms with E-state index in [1.165, 1.54) is 18.2 Å². The van der Waals surface area contributed by atoms with Crippen LogP contribution in [0.3, 0.4) is 0 Å². The first kappa shape index (κ1) is 31.8. The van der Waals surface area contributed by atoms with Crippen LogP contribution in [0, 0.1) is 0 Å². The van der Waals surface area contributed by atoms with Crippen LogP contribution in [0.5, 0.6) is 11.5 Å². The van der Waals surface area contributed by atoms with E-state index in [2.05, 4.69) is 15.5 Å². The Balaban J connectivity index is 0.00000441. The second-order valence-electron chi connectivity index (χ2n) is 8.28. The normalized spacial score (nSPS) is 11.4. The summed E-state index contributed by atoms with van der Waals surface area (Å²) in [7, 11) is -4.77. The molecule has 0 radical (unpaired) electrons. The number of rotatable bonds is 8. The van der Waals surface area contributed by atoms with Gasteiger partial charge < -0.3 is 15.2 Å². The van der Waals surface area contributed by atoms with E-state index in [0.717, 1.165) is 0 Å². The molecule has 4 aromatic rings. The van der Waals surface area contributed by atoms with E-state index in [-0.39, 0.29) is 68.0 Å². The summed E-state index contributed by atoms with van der Waals surface area (Å²) in [5.74, 6) is -1.23. The molecule has 0 atom stereocenters. The van der Waals surface area contributed by atoms with Crippen LogP contribution in [-0.4, -0.2) is 25.5 Å². The van der Waals surface area contributed by atoms with Gasteiger partial charge in [-0.3, -0.25) is 9.35 Å². The number of fused-ring (bicyclic) bond motifs is 1. The summed E-state index contributed by atoms with van der Waals surface area (Å²) in [6, 6.07) is 15.8. The molecule has 40 heavy (non-hydrogen) atoms. The fraction of sp³-hybridized carbons (Fsp3) is 0.148. The van der Waals surface area contributed by atoms with Crippen LogP contribution in [0.25, 0.3) is 10.8 Å². The molecular weight excluding hydrogens is 588 g/mol. The Labute approximate surface area is 263 Å². The number of carbonyl (C=O) groups excluding carboxylic acids is 1. The van der Waals surface area contributed by atoms with Gasteiger partial charge in [-0.1, -0.05) is 66.2 Å². The molecule has 1 amide bonds. The van der Waals surface area contributed by atoms with Gasteiger partial charge in [0.1, 0.15) is 10.6 Å². The van der Waals surface area contributed by atoms with Crippen molar-refractivity contribution in [1.82, 2.24) is 0 Å². The summed E-state index contributed by atoms with van der Waals surface area (Å²) in [6.07, 6.45) is 0.493. The number of anilines is 1. The second kappa shape index (κ2) is 13.3. The number of aryl methyl sites for hydroxylation is 1. The van der Waals surface area contributed by atoms with E-state index in [9.17, 15) is 22.9 Å². The maximum atomic E-state index is 13.5. The van der Waals surface area contributed by atoms with Gasteiger partial charge in [0.15, 0.2) is 5.75 Å². The largest absolute Gasteiger partial charge is 1.00 e. The Morgan fingerprint density at radius 1 is 1.02 bits per heavy atom. The number of halogens is 2. The van der Waals surface area contributed by atoms with Gasteiger partial charge >= 0.3 is 29.6 Å². The molecule has 13 heteroatoms. The van der Waals surface area contributed by atoms with Crippen molar-refractivity contribution in [2.24, 2.45) is 10.2 Å². The second-order valence-corrected chi connectivity index (χ2v) is 10.5. The number of para-hydroxylation sites is 1. The summed E-state index contributed by atoms with van der Waals surface area (Å²) in [5.41, 5.74) is 0.219. The Morgan fingerprint density at radius 3 is 2.42 bits per heavy atom. The fourth-order valence-corrected chi connectivity index (χ4v) is 5.36. The van der Waals surface area contributed by atoms with Crippen LogP contribution in [-0.2, 0) is 16.5 Å². The molecule has 0 fully saturated rings. The van der Waals surface area contributed by atoms with Crippen LogP contribution >= 0.6 is 23.2 Å². The molecule has 202 valence electrons. The van der Waals surface area contributed by atoms with Crippen molar-refractivity contribution in [3.8, 4) is 11.5 Å². The molecule has 4 rings (SSSR count). The first-order valence-corrected chi connectivity index (χ1v) is 13.9. The van der Waals surface area contributed by atoms with Crippen LogP contribution < -0.4 is 44.7 Å². The Bertz CT molecular complexity index is 1730. The minimum Gasteiger partial charge on any atom is -0.870 e. The third kappa shape index (κ3) is 6.77. The molecule has 0 aliphatic rings. The summed E-state index contributed by atoms with van der Waals surface area (Å²) < 4.78 is 39.3. The van der Waals surface area contributed by atoms with E-state index in [1.807, 2.05) is 6.92 Å². The fourth-order valence-electron chi connectivity index (χ4n) is 3.94. The number of benzene rings is 4. The number of hydrogen-bond acceptors (Lipinski definition) is 7. The van der Waals surface area contributed by atoms with Crippen LogP contribution in [0.2, 0.25) is 10.0 Å². The molecule has 0 heterocycles. The summed E-state index contributed by atoms with van der Waals surface area (Å²) in [5, 5.41) is 25.2. The number of azo groups is 1. The van der Waals surface area contributed by atoms with E-state index < -0.39 is 26.7 Å². The quantitative estimate of drug-likeness (QED) is 0.175. The average Bonchev–Trinajstić information content (AvgIpc) is 2.88.